The molecule has 2 N–H and O–H groups in total. The van der Waals surface area contributed by atoms with Crippen LogP contribution < -0.4 is 15.5 Å². The van der Waals surface area contributed by atoms with E-state index >= 15 is 0 Å². The fourth-order valence-corrected chi connectivity index (χ4v) is 5.79. The number of anilines is 1. The third-order valence-corrected chi connectivity index (χ3v) is 7.84. The molecular weight excluding hydrogens is 470 g/mol. The summed E-state index contributed by atoms with van der Waals surface area (Å²) in [4.78, 5) is 0.306. The van der Waals surface area contributed by atoms with Crippen molar-refractivity contribution in [2.75, 3.05) is 25.0 Å². The van der Waals surface area contributed by atoms with Crippen molar-refractivity contribution in [3.05, 3.63) is 54.2 Å². The number of aryl methyl sites for hydroxylation is 1. The molecule has 0 spiro atoms. The number of sulfonamides is 1. The molecule has 0 atom stereocenters. The summed E-state index contributed by atoms with van der Waals surface area (Å²) in [5.41, 5.74) is 5.27. The van der Waals surface area contributed by atoms with Crippen molar-refractivity contribution in [3.8, 4) is 5.75 Å². The Morgan fingerprint density at radius 3 is 2.71 bits per heavy atom. The van der Waals surface area contributed by atoms with E-state index in [1.807, 2.05) is 55.1 Å². The number of aromatic nitrogens is 1. The van der Waals surface area contributed by atoms with Crippen LogP contribution in [0.3, 0.4) is 0 Å². The molecule has 0 saturated carbocycles. The highest BCUT2D eigenvalue weighted by Gasteiger charge is 2.26. The van der Waals surface area contributed by atoms with Gasteiger partial charge in [-0.05, 0) is 62.3 Å². The van der Waals surface area contributed by atoms with E-state index in [1.54, 1.807) is 22.7 Å². The lowest BCUT2D eigenvalue weighted by Gasteiger charge is -2.25. The second-order valence-electron chi connectivity index (χ2n) is 8.09. The molecule has 1 fully saturated rings. The van der Waals surface area contributed by atoms with E-state index < -0.39 is 10.0 Å². The molecule has 3 aromatic rings. The summed E-state index contributed by atoms with van der Waals surface area (Å²) < 4.78 is 35.4. The molecule has 180 valence electrons. The number of benzene rings is 2. The standard InChI is InChI=1S/C24H29N5O3S2/c1-3-32-23-10-6-5-9-21(23)26-24(33)27-25-16-18-17-28(2)22-12-11-19(15-20(18)22)34(30,31)29-13-7-4-8-14-29/h5-6,9-12,15-17H,3-4,7-8,13-14H2,1-2H3,(H2,26,27,33)/b25-16+. The average Bonchev–Trinajstić information content (AvgIpc) is 3.16. The summed E-state index contributed by atoms with van der Waals surface area (Å²) in [6.45, 7) is 3.62. The van der Waals surface area contributed by atoms with Crippen molar-refractivity contribution in [1.29, 1.82) is 0 Å². The largest absolute Gasteiger partial charge is 0.492 e. The number of para-hydroxylation sites is 2. The third-order valence-electron chi connectivity index (χ3n) is 5.75. The molecule has 0 unspecified atom stereocenters. The van der Waals surface area contributed by atoms with Gasteiger partial charge >= 0.3 is 0 Å². The van der Waals surface area contributed by atoms with E-state index in [9.17, 15) is 8.42 Å². The van der Waals surface area contributed by atoms with Gasteiger partial charge in [0.2, 0.25) is 10.0 Å². The van der Waals surface area contributed by atoms with Gasteiger partial charge in [-0.25, -0.2) is 8.42 Å². The van der Waals surface area contributed by atoms with E-state index in [-0.39, 0.29) is 0 Å². The Morgan fingerprint density at radius 1 is 1.18 bits per heavy atom. The normalized spacial score (nSPS) is 15.0. The number of nitrogens with one attached hydrogen (secondary N) is 2. The fraction of sp³-hybridized carbons (Fsp3) is 0.333. The monoisotopic (exact) mass is 499 g/mol. The summed E-state index contributed by atoms with van der Waals surface area (Å²) in [6, 6.07) is 12.8. The van der Waals surface area contributed by atoms with Crippen LogP contribution >= 0.6 is 12.2 Å². The predicted molar refractivity (Wildman–Crippen MR) is 140 cm³/mol. The number of hydrazone groups is 1. The van der Waals surface area contributed by atoms with Crippen molar-refractivity contribution in [2.45, 2.75) is 31.1 Å². The van der Waals surface area contributed by atoms with E-state index in [0.717, 1.165) is 41.4 Å². The summed E-state index contributed by atoms with van der Waals surface area (Å²) >= 11 is 5.36. The van der Waals surface area contributed by atoms with Crippen LogP contribution in [-0.2, 0) is 17.1 Å². The lowest BCUT2D eigenvalue weighted by atomic mass is 10.2. The summed E-state index contributed by atoms with van der Waals surface area (Å²) in [5, 5.41) is 8.48. The van der Waals surface area contributed by atoms with Gasteiger partial charge in [0.15, 0.2) is 5.11 Å². The van der Waals surface area contributed by atoms with Crippen LogP contribution in [-0.4, -0.2) is 48.3 Å². The van der Waals surface area contributed by atoms with Crippen molar-refractivity contribution < 1.29 is 13.2 Å². The Labute approximate surface area is 205 Å². The minimum absolute atomic E-state index is 0.306. The van der Waals surface area contributed by atoms with Gasteiger partial charge in [0.05, 0.1) is 23.4 Å². The summed E-state index contributed by atoms with van der Waals surface area (Å²) in [7, 11) is -1.60. The first kappa shape index (κ1) is 24.2. The quantitative estimate of drug-likeness (QED) is 0.289. The molecule has 1 aliphatic rings. The first-order chi connectivity index (χ1) is 16.4. The van der Waals surface area contributed by atoms with Gasteiger partial charge < -0.3 is 14.6 Å². The Hall–Kier alpha value is -2.95. The number of ether oxygens (including phenoxy) is 1. The highest BCUT2D eigenvalue weighted by molar-refractivity contribution is 7.89. The van der Waals surface area contributed by atoms with Gasteiger partial charge in [-0.15, -0.1) is 0 Å². The Morgan fingerprint density at radius 2 is 1.94 bits per heavy atom. The topological polar surface area (TPSA) is 88.0 Å². The number of nitrogens with zero attached hydrogens (tertiary/aromatic N) is 3. The molecule has 2 aromatic carbocycles. The SMILES string of the molecule is CCOc1ccccc1NC(=S)N/N=C/c1cn(C)c2ccc(S(=O)(=O)N3CCCCC3)cc12. The lowest BCUT2D eigenvalue weighted by Crippen LogP contribution is -2.35. The zero-order valence-electron chi connectivity index (χ0n) is 19.3. The number of thiocarbonyl (C=S) groups is 1. The Bertz CT molecular complexity index is 1310. The highest BCUT2D eigenvalue weighted by Crippen LogP contribution is 2.27. The molecule has 10 heteroatoms. The number of fused-ring (bicyclic) bond motifs is 1. The number of hydrogen-bond acceptors (Lipinski definition) is 5. The van der Waals surface area contributed by atoms with Crippen molar-refractivity contribution in [3.63, 3.8) is 0 Å². The second-order valence-corrected chi connectivity index (χ2v) is 10.4. The number of piperidine rings is 1. The van der Waals surface area contributed by atoms with Gasteiger partial charge in [-0.1, -0.05) is 18.6 Å². The van der Waals surface area contributed by atoms with E-state index in [4.69, 9.17) is 17.0 Å². The second kappa shape index (κ2) is 10.5. The van der Waals surface area contributed by atoms with Crippen LogP contribution in [0.1, 0.15) is 31.7 Å². The molecular formula is C24H29N5O3S2. The molecule has 2 heterocycles. The van der Waals surface area contributed by atoms with Gasteiger partial charge in [0.1, 0.15) is 5.75 Å². The van der Waals surface area contributed by atoms with Crippen molar-refractivity contribution in [2.24, 2.45) is 12.1 Å². The van der Waals surface area contributed by atoms with E-state index in [2.05, 4.69) is 15.8 Å². The molecule has 8 nitrogen and oxygen atoms in total. The molecule has 1 aromatic heterocycles. The van der Waals surface area contributed by atoms with Crippen LogP contribution in [0, 0.1) is 0 Å². The van der Waals surface area contributed by atoms with Crippen LogP contribution in [0.5, 0.6) is 5.75 Å². The van der Waals surface area contributed by atoms with Crippen LogP contribution in [0.15, 0.2) is 58.7 Å². The van der Waals surface area contributed by atoms with Gasteiger partial charge in [0, 0.05) is 42.8 Å². The van der Waals surface area contributed by atoms with Crippen molar-refractivity contribution >= 4 is 50.2 Å². The van der Waals surface area contributed by atoms with Gasteiger partial charge in [0.25, 0.3) is 0 Å². The third kappa shape index (κ3) is 5.24. The van der Waals surface area contributed by atoms with Crippen LogP contribution in [0.2, 0.25) is 0 Å². The molecule has 1 aliphatic heterocycles. The number of rotatable bonds is 7. The van der Waals surface area contributed by atoms with E-state index in [1.165, 1.54) is 0 Å². The van der Waals surface area contributed by atoms with Crippen LogP contribution in [0.4, 0.5) is 5.69 Å². The molecule has 0 radical (unpaired) electrons. The molecule has 0 bridgehead atoms. The predicted octanol–water partition coefficient (Wildman–Crippen LogP) is 4.07. The molecule has 4 rings (SSSR count). The molecule has 0 aliphatic carbocycles. The minimum atomic E-state index is -3.52. The summed E-state index contributed by atoms with van der Waals surface area (Å²) in [5.74, 6) is 0.703. The maximum atomic E-state index is 13.1. The number of hydrogen-bond donors (Lipinski definition) is 2. The first-order valence-electron chi connectivity index (χ1n) is 11.3. The Kier molecular flexibility index (Phi) is 7.50. The lowest BCUT2D eigenvalue weighted by molar-refractivity contribution is 0.342. The minimum Gasteiger partial charge on any atom is -0.492 e. The van der Waals surface area contributed by atoms with Gasteiger partial charge in [-0.2, -0.15) is 9.41 Å². The van der Waals surface area contributed by atoms with Crippen molar-refractivity contribution in [1.82, 2.24) is 14.3 Å². The maximum Gasteiger partial charge on any atom is 0.243 e. The first-order valence-corrected chi connectivity index (χ1v) is 13.2. The maximum absolute atomic E-state index is 13.1. The average molecular weight is 500 g/mol. The Balaban J connectivity index is 1.52. The zero-order valence-corrected chi connectivity index (χ0v) is 21.0. The smallest absolute Gasteiger partial charge is 0.243 e. The van der Waals surface area contributed by atoms with Crippen LogP contribution in [0.25, 0.3) is 10.9 Å². The summed E-state index contributed by atoms with van der Waals surface area (Å²) in [6.07, 6.45) is 6.43. The molecule has 0 amide bonds. The zero-order chi connectivity index (χ0) is 24.1. The molecule has 1 saturated heterocycles. The van der Waals surface area contributed by atoms with E-state index in [0.29, 0.717) is 35.5 Å². The fourth-order valence-electron chi connectivity index (χ4n) is 4.08. The van der Waals surface area contributed by atoms with Gasteiger partial charge in [-0.3, -0.25) is 5.43 Å². The highest BCUT2D eigenvalue weighted by atomic mass is 32.2. The molecule has 34 heavy (non-hydrogen) atoms.